The van der Waals surface area contributed by atoms with Crippen LogP contribution < -0.4 is 20.3 Å². The molecule has 3 atom stereocenters. The molecule has 3 N–H and O–H groups in total. The number of hydrogen-bond acceptors (Lipinski definition) is 5. The zero-order valence-electron chi connectivity index (χ0n) is 15.2. The number of carbonyl (C=O) groups is 3. The molecule has 1 fully saturated rings. The van der Waals surface area contributed by atoms with Crippen LogP contribution in [0.15, 0.2) is 24.3 Å². The smallest absolute Gasteiger partial charge is 0.242 e. The van der Waals surface area contributed by atoms with Gasteiger partial charge in [-0.25, -0.2) is 0 Å². The van der Waals surface area contributed by atoms with Gasteiger partial charge in [0.1, 0.15) is 11.8 Å². The first-order valence-corrected chi connectivity index (χ1v) is 8.51. The number of amides is 3. The number of aliphatic hydroxyl groups is 1. The second kappa shape index (κ2) is 8.66. The molecule has 0 bridgehead atoms. The molecule has 0 aromatic heterocycles. The summed E-state index contributed by atoms with van der Waals surface area (Å²) in [6.45, 7) is 3.31. The van der Waals surface area contributed by atoms with Crippen molar-refractivity contribution in [1.82, 2.24) is 10.6 Å². The van der Waals surface area contributed by atoms with E-state index in [-0.39, 0.29) is 43.3 Å². The third-order valence-corrected chi connectivity index (χ3v) is 4.29. The number of hydrogen-bond donors (Lipinski definition) is 3. The predicted octanol–water partition coefficient (Wildman–Crippen LogP) is 0.0498. The lowest BCUT2D eigenvalue weighted by Gasteiger charge is -2.19. The van der Waals surface area contributed by atoms with Crippen molar-refractivity contribution in [2.75, 3.05) is 25.2 Å². The zero-order chi connectivity index (χ0) is 19.3. The minimum atomic E-state index is -0.748. The minimum Gasteiger partial charge on any atom is -0.497 e. The quantitative estimate of drug-likeness (QED) is 0.634. The summed E-state index contributed by atoms with van der Waals surface area (Å²) in [7, 11) is 1.56. The van der Waals surface area contributed by atoms with Gasteiger partial charge in [0.15, 0.2) is 0 Å². The Morgan fingerprint density at radius 3 is 2.50 bits per heavy atom. The number of anilines is 1. The molecule has 1 aliphatic heterocycles. The molecule has 1 aliphatic rings. The van der Waals surface area contributed by atoms with E-state index in [0.717, 1.165) is 0 Å². The molecule has 3 amide bonds. The summed E-state index contributed by atoms with van der Waals surface area (Å²) in [5.41, 5.74) is 0.702. The number of benzene rings is 1. The highest BCUT2D eigenvalue weighted by molar-refractivity contribution is 6.01. The maximum atomic E-state index is 12.4. The summed E-state index contributed by atoms with van der Waals surface area (Å²) in [5.74, 6) is -0.687. The van der Waals surface area contributed by atoms with Crippen molar-refractivity contribution in [3.8, 4) is 5.75 Å². The van der Waals surface area contributed by atoms with Crippen molar-refractivity contribution < 1.29 is 24.2 Å². The van der Waals surface area contributed by atoms with E-state index in [4.69, 9.17) is 9.84 Å². The van der Waals surface area contributed by atoms with Crippen LogP contribution in [0.1, 0.15) is 20.3 Å². The van der Waals surface area contributed by atoms with E-state index in [1.165, 1.54) is 0 Å². The maximum Gasteiger partial charge on any atom is 0.242 e. The van der Waals surface area contributed by atoms with Gasteiger partial charge in [-0.1, -0.05) is 0 Å². The van der Waals surface area contributed by atoms with Gasteiger partial charge in [-0.15, -0.1) is 0 Å². The van der Waals surface area contributed by atoms with Gasteiger partial charge in [-0.2, -0.15) is 0 Å². The molecule has 0 aliphatic carbocycles. The normalized spacial score (nSPS) is 19.0. The fraction of sp³-hybridized carbons (Fsp3) is 0.500. The zero-order valence-corrected chi connectivity index (χ0v) is 15.2. The average Bonchev–Trinajstić information content (AvgIpc) is 3.03. The summed E-state index contributed by atoms with van der Waals surface area (Å²) in [4.78, 5) is 38.2. The highest BCUT2D eigenvalue weighted by atomic mass is 16.5. The van der Waals surface area contributed by atoms with Crippen molar-refractivity contribution in [2.45, 2.75) is 32.4 Å². The van der Waals surface area contributed by atoms with E-state index in [2.05, 4.69) is 10.6 Å². The molecule has 26 heavy (non-hydrogen) atoms. The number of carbonyl (C=O) groups excluding carboxylic acids is 3. The van der Waals surface area contributed by atoms with Crippen LogP contribution in [0.4, 0.5) is 5.69 Å². The van der Waals surface area contributed by atoms with Gasteiger partial charge in [0, 0.05) is 24.7 Å². The first-order chi connectivity index (χ1) is 12.3. The summed E-state index contributed by atoms with van der Waals surface area (Å²) in [6, 6.07) is 5.91. The van der Waals surface area contributed by atoms with Crippen LogP contribution in [0.3, 0.4) is 0 Å². The molecule has 8 nitrogen and oxygen atoms in total. The van der Waals surface area contributed by atoms with Gasteiger partial charge in [-0.05, 0) is 38.1 Å². The second-order valence-electron chi connectivity index (χ2n) is 6.43. The Hall–Kier alpha value is -2.61. The molecule has 2 rings (SSSR count). The van der Waals surface area contributed by atoms with E-state index in [1.807, 2.05) is 0 Å². The number of aliphatic hydroxyl groups excluding tert-OH is 1. The van der Waals surface area contributed by atoms with Crippen molar-refractivity contribution in [2.24, 2.45) is 5.92 Å². The Morgan fingerprint density at radius 2 is 1.92 bits per heavy atom. The molecular formula is C18H25N3O5. The van der Waals surface area contributed by atoms with Crippen LogP contribution in [0.25, 0.3) is 0 Å². The standard InChI is InChI=1S/C18H25N3O5/c1-11(10-22)19-17(24)12(2)20-18(25)13-8-16(23)21(9-13)14-4-6-15(26-3)7-5-14/h4-7,11-13,22H,8-10H2,1-3H3,(H,19,24)(H,20,25). The average molecular weight is 363 g/mol. The number of rotatable bonds is 7. The van der Waals surface area contributed by atoms with Gasteiger partial charge in [-0.3, -0.25) is 14.4 Å². The summed E-state index contributed by atoms with van der Waals surface area (Å²) in [6.07, 6.45) is 0.0965. The van der Waals surface area contributed by atoms with Gasteiger partial charge in [0.25, 0.3) is 0 Å². The molecule has 1 heterocycles. The first kappa shape index (κ1) is 19.7. The van der Waals surface area contributed by atoms with Crippen LogP contribution in [0.2, 0.25) is 0 Å². The molecule has 3 unspecified atom stereocenters. The maximum absolute atomic E-state index is 12.4. The molecule has 1 aromatic carbocycles. The van der Waals surface area contributed by atoms with Crippen LogP contribution in [0, 0.1) is 5.92 Å². The first-order valence-electron chi connectivity index (χ1n) is 8.51. The minimum absolute atomic E-state index is 0.0965. The van der Waals surface area contributed by atoms with Gasteiger partial charge in [0.2, 0.25) is 17.7 Å². The van der Waals surface area contributed by atoms with Crippen LogP contribution in [0.5, 0.6) is 5.75 Å². The van der Waals surface area contributed by atoms with Crippen molar-refractivity contribution in [3.63, 3.8) is 0 Å². The molecule has 0 saturated carbocycles. The summed E-state index contributed by atoms with van der Waals surface area (Å²) < 4.78 is 5.10. The molecule has 142 valence electrons. The van der Waals surface area contributed by atoms with Crippen LogP contribution in [-0.4, -0.2) is 55.2 Å². The molecule has 8 heteroatoms. The predicted molar refractivity (Wildman–Crippen MR) is 95.7 cm³/mol. The van der Waals surface area contributed by atoms with Crippen molar-refractivity contribution >= 4 is 23.4 Å². The highest BCUT2D eigenvalue weighted by Gasteiger charge is 2.36. The Morgan fingerprint density at radius 1 is 1.27 bits per heavy atom. The van der Waals surface area contributed by atoms with E-state index in [0.29, 0.717) is 11.4 Å². The number of ether oxygens (including phenoxy) is 1. The molecular weight excluding hydrogens is 338 g/mol. The Labute approximate surface area is 152 Å². The fourth-order valence-corrected chi connectivity index (χ4v) is 2.71. The van der Waals surface area contributed by atoms with E-state index in [9.17, 15) is 14.4 Å². The lowest BCUT2D eigenvalue weighted by Crippen LogP contribution is -2.49. The molecule has 0 spiro atoms. The van der Waals surface area contributed by atoms with Crippen molar-refractivity contribution in [1.29, 1.82) is 0 Å². The van der Waals surface area contributed by atoms with Gasteiger partial charge >= 0.3 is 0 Å². The van der Waals surface area contributed by atoms with Crippen LogP contribution >= 0.6 is 0 Å². The van der Waals surface area contributed by atoms with E-state index in [1.54, 1.807) is 50.1 Å². The van der Waals surface area contributed by atoms with E-state index >= 15 is 0 Å². The van der Waals surface area contributed by atoms with Crippen molar-refractivity contribution in [3.05, 3.63) is 24.3 Å². The third-order valence-electron chi connectivity index (χ3n) is 4.29. The third kappa shape index (κ3) is 4.72. The van der Waals surface area contributed by atoms with Gasteiger partial charge in [0.05, 0.1) is 19.6 Å². The number of nitrogens with zero attached hydrogens (tertiary/aromatic N) is 1. The van der Waals surface area contributed by atoms with Crippen LogP contribution in [-0.2, 0) is 14.4 Å². The largest absolute Gasteiger partial charge is 0.497 e. The Balaban J connectivity index is 1.94. The molecule has 1 saturated heterocycles. The lowest BCUT2D eigenvalue weighted by atomic mass is 10.1. The fourth-order valence-electron chi connectivity index (χ4n) is 2.71. The van der Waals surface area contributed by atoms with E-state index < -0.39 is 12.0 Å². The second-order valence-corrected chi connectivity index (χ2v) is 6.43. The molecule has 1 aromatic rings. The topological polar surface area (TPSA) is 108 Å². The molecule has 0 radical (unpaired) electrons. The SMILES string of the molecule is COc1ccc(N2CC(C(=O)NC(C)C(=O)NC(C)CO)CC2=O)cc1. The Bertz CT molecular complexity index is 661. The summed E-state index contributed by atoms with van der Waals surface area (Å²) >= 11 is 0. The number of nitrogens with one attached hydrogen (secondary N) is 2. The summed E-state index contributed by atoms with van der Waals surface area (Å²) in [5, 5.41) is 14.2. The van der Waals surface area contributed by atoms with Gasteiger partial charge < -0.3 is 25.4 Å². The lowest BCUT2D eigenvalue weighted by molar-refractivity contribution is -0.131. The monoisotopic (exact) mass is 363 g/mol. The Kier molecular flexibility index (Phi) is 6.57. The number of methoxy groups -OCH3 is 1. The highest BCUT2D eigenvalue weighted by Crippen LogP contribution is 2.26.